The fraction of sp³-hybridized carbons (Fsp3) is 0.318. The molecule has 1 saturated carbocycles. The molecule has 6 heteroatoms. The highest BCUT2D eigenvalue weighted by Crippen LogP contribution is 2.29. The summed E-state index contributed by atoms with van der Waals surface area (Å²) in [5.41, 5.74) is 6.82. The van der Waals surface area contributed by atoms with Crippen LogP contribution >= 0.6 is 0 Å². The van der Waals surface area contributed by atoms with E-state index in [2.05, 4.69) is 22.5 Å². The lowest BCUT2D eigenvalue weighted by Crippen LogP contribution is -2.43. The van der Waals surface area contributed by atoms with Gasteiger partial charge in [-0.25, -0.2) is 5.48 Å². The molecule has 2 amide bonds. The lowest BCUT2D eigenvalue weighted by molar-refractivity contribution is -0.133. The van der Waals surface area contributed by atoms with Gasteiger partial charge in [0.2, 0.25) is 5.91 Å². The van der Waals surface area contributed by atoms with E-state index in [1.54, 1.807) is 5.48 Å². The highest BCUT2D eigenvalue weighted by molar-refractivity contribution is 5.95. The average molecular weight is 377 g/mol. The Morgan fingerprint density at radius 3 is 2.61 bits per heavy atom. The van der Waals surface area contributed by atoms with E-state index in [1.165, 1.54) is 5.56 Å². The number of hydroxylamine groups is 1. The molecule has 1 fully saturated rings. The van der Waals surface area contributed by atoms with Crippen LogP contribution in [0, 0.1) is 5.92 Å². The number of amides is 2. The SMILES string of the molecule is O=C(N[C@@H]1CCC[C@@H]1C(=O)NO)c1ccc(-c2ccnc3c2CC=CC3)cc1. The summed E-state index contributed by atoms with van der Waals surface area (Å²) >= 11 is 0. The highest BCUT2D eigenvalue weighted by Gasteiger charge is 2.34. The number of aromatic nitrogens is 1. The molecule has 0 bridgehead atoms. The van der Waals surface area contributed by atoms with Crippen molar-refractivity contribution in [3.8, 4) is 11.1 Å². The van der Waals surface area contributed by atoms with Crippen molar-refractivity contribution in [3.05, 3.63) is 65.5 Å². The van der Waals surface area contributed by atoms with Gasteiger partial charge in [0.15, 0.2) is 0 Å². The molecule has 1 heterocycles. The zero-order valence-electron chi connectivity index (χ0n) is 15.5. The molecule has 2 aliphatic rings. The molecule has 0 saturated heterocycles. The summed E-state index contributed by atoms with van der Waals surface area (Å²) in [5, 5.41) is 11.8. The van der Waals surface area contributed by atoms with E-state index in [0.717, 1.165) is 42.5 Å². The fourth-order valence-electron chi connectivity index (χ4n) is 4.19. The third-order valence-corrected chi connectivity index (χ3v) is 5.68. The molecule has 4 rings (SSSR count). The van der Waals surface area contributed by atoms with Crippen LogP contribution in [-0.2, 0) is 17.6 Å². The Morgan fingerprint density at radius 2 is 1.82 bits per heavy atom. The summed E-state index contributed by atoms with van der Waals surface area (Å²) in [6, 6.07) is 9.30. The van der Waals surface area contributed by atoms with Gasteiger partial charge in [-0.2, -0.15) is 0 Å². The summed E-state index contributed by atoms with van der Waals surface area (Å²) < 4.78 is 0. The van der Waals surface area contributed by atoms with Crippen LogP contribution in [0.1, 0.15) is 40.9 Å². The van der Waals surface area contributed by atoms with Crippen molar-refractivity contribution >= 4 is 11.8 Å². The molecule has 28 heavy (non-hydrogen) atoms. The maximum Gasteiger partial charge on any atom is 0.251 e. The van der Waals surface area contributed by atoms with Gasteiger partial charge in [-0.15, -0.1) is 0 Å². The number of carbonyl (C=O) groups excluding carboxylic acids is 2. The van der Waals surface area contributed by atoms with Crippen LogP contribution in [0.5, 0.6) is 0 Å². The van der Waals surface area contributed by atoms with E-state index >= 15 is 0 Å². The summed E-state index contributed by atoms with van der Waals surface area (Å²) in [6.45, 7) is 0. The number of fused-ring (bicyclic) bond motifs is 1. The molecular formula is C22H23N3O3. The van der Waals surface area contributed by atoms with Crippen LogP contribution in [-0.4, -0.2) is 28.0 Å². The second-order valence-corrected chi connectivity index (χ2v) is 7.33. The predicted molar refractivity (Wildman–Crippen MR) is 105 cm³/mol. The van der Waals surface area contributed by atoms with Crippen molar-refractivity contribution in [2.24, 2.45) is 5.92 Å². The molecule has 2 aliphatic carbocycles. The van der Waals surface area contributed by atoms with Gasteiger partial charge in [0.05, 0.1) is 5.92 Å². The normalized spacial score (nSPS) is 20.5. The second-order valence-electron chi connectivity index (χ2n) is 7.33. The zero-order valence-corrected chi connectivity index (χ0v) is 15.5. The zero-order chi connectivity index (χ0) is 19.5. The van der Waals surface area contributed by atoms with E-state index < -0.39 is 5.91 Å². The maximum atomic E-state index is 12.6. The molecule has 0 spiro atoms. The number of nitrogens with one attached hydrogen (secondary N) is 2. The minimum absolute atomic E-state index is 0.200. The van der Waals surface area contributed by atoms with Crippen LogP contribution in [0.3, 0.4) is 0 Å². The summed E-state index contributed by atoms with van der Waals surface area (Å²) in [7, 11) is 0. The summed E-state index contributed by atoms with van der Waals surface area (Å²) in [6.07, 6.45) is 10.1. The van der Waals surface area contributed by atoms with E-state index in [1.807, 2.05) is 36.5 Å². The van der Waals surface area contributed by atoms with Crippen LogP contribution in [0.4, 0.5) is 0 Å². The number of hydrogen-bond donors (Lipinski definition) is 3. The minimum atomic E-state index is -0.436. The first kappa shape index (κ1) is 18.4. The number of nitrogens with zero attached hydrogens (tertiary/aromatic N) is 1. The molecule has 144 valence electrons. The molecule has 2 aromatic rings. The topological polar surface area (TPSA) is 91.3 Å². The van der Waals surface area contributed by atoms with E-state index in [9.17, 15) is 9.59 Å². The van der Waals surface area contributed by atoms with Gasteiger partial charge in [-0.1, -0.05) is 30.7 Å². The molecule has 6 nitrogen and oxygen atoms in total. The van der Waals surface area contributed by atoms with E-state index in [-0.39, 0.29) is 17.9 Å². The summed E-state index contributed by atoms with van der Waals surface area (Å²) in [5.74, 6) is -1.02. The van der Waals surface area contributed by atoms with Crippen LogP contribution in [0.15, 0.2) is 48.7 Å². The molecule has 3 N–H and O–H groups in total. The molecular weight excluding hydrogens is 354 g/mol. The van der Waals surface area contributed by atoms with E-state index in [0.29, 0.717) is 12.0 Å². The smallest absolute Gasteiger partial charge is 0.251 e. The number of pyridine rings is 1. The quantitative estimate of drug-likeness (QED) is 0.434. The van der Waals surface area contributed by atoms with Crippen molar-refractivity contribution in [1.82, 2.24) is 15.8 Å². The Morgan fingerprint density at radius 1 is 1.04 bits per heavy atom. The van der Waals surface area contributed by atoms with Gasteiger partial charge >= 0.3 is 0 Å². The Labute approximate surface area is 163 Å². The molecule has 1 aromatic heterocycles. The van der Waals surface area contributed by atoms with Crippen molar-refractivity contribution in [2.45, 2.75) is 38.1 Å². The van der Waals surface area contributed by atoms with Gasteiger partial charge in [-0.3, -0.25) is 19.8 Å². The molecule has 1 aromatic carbocycles. The van der Waals surface area contributed by atoms with Crippen molar-refractivity contribution < 1.29 is 14.8 Å². The Balaban J connectivity index is 1.50. The van der Waals surface area contributed by atoms with Gasteiger partial charge in [0, 0.05) is 29.9 Å². The molecule has 2 atom stereocenters. The van der Waals surface area contributed by atoms with Crippen LogP contribution < -0.4 is 10.8 Å². The third kappa shape index (κ3) is 3.55. The number of allylic oxidation sites excluding steroid dienone is 2. The fourth-order valence-corrected chi connectivity index (χ4v) is 4.19. The van der Waals surface area contributed by atoms with Crippen molar-refractivity contribution in [3.63, 3.8) is 0 Å². The first-order valence-corrected chi connectivity index (χ1v) is 9.64. The Kier molecular flexibility index (Phi) is 5.21. The standard InChI is InChI=1S/C22H23N3O3/c26-21(24-20-7-3-5-18(20)22(27)25-28)15-10-8-14(9-11-15)16-12-13-23-19-6-2-1-4-17(16)19/h1-2,8-13,18,20,28H,3-7H2,(H,24,26)(H,25,27)/t18-,20+/m0/s1. The summed E-state index contributed by atoms with van der Waals surface area (Å²) in [4.78, 5) is 28.8. The van der Waals surface area contributed by atoms with Crippen molar-refractivity contribution in [1.29, 1.82) is 0 Å². The average Bonchev–Trinajstić information content (AvgIpc) is 3.21. The van der Waals surface area contributed by atoms with Gasteiger partial charge in [0.25, 0.3) is 5.91 Å². The van der Waals surface area contributed by atoms with Crippen molar-refractivity contribution in [2.75, 3.05) is 0 Å². The third-order valence-electron chi connectivity index (χ3n) is 5.68. The first-order valence-electron chi connectivity index (χ1n) is 9.64. The van der Waals surface area contributed by atoms with Crippen LogP contribution in [0.2, 0.25) is 0 Å². The monoisotopic (exact) mass is 377 g/mol. The number of hydrogen-bond acceptors (Lipinski definition) is 4. The van der Waals surface area contributed by atoms with E-state index in [4.69, 9.17) is 5.21 Å². The molecule has 0 unspecified atom stereocenters. The first-order chi connectivity index (χ1) is 13.7. The lowest BCUT2D eigenvalue weighted by atomic mass is 9.92. The second kappa shape index (κ2) is 7.94. The van der Waals surface area contributed by atoms with Gasteiger partial charge in [-0.05, 0) is 54.2 Å². The molecule has 0 aliphatic heterocycles. The molecule has 0 radical (unpaired) electrons. The maximum absolute atomic E-state index is 12.6. The Hall–Kier alpha value is -2.99. The number of carbonyl (C=O) groups is 2. The number of benzene rings is 1. The minimum Gasteiger partial charge on any atom is -0.349 e. The van der Waals surface area contributed by atoms with Crippen LogP contribution in [0.25, 0.3) is 11.1 Å². The number of rotatable bonds is 4. The predicted octanol–water partition coefficient (Wildman–Crippen LogP) is 2.81. The van der Waals surface area contributed by atoms with Gasteiger partial charge < -0.3 is 5.32 Å². The largest absolute Gasteiger partial charge is 0.349 e. The highest BCUT2D eigenvalue weighted by atomic mass is 16.5. The lowest BCUT2D eigenvalue weighted by Gasteiger charge is -2.19. The van der Waals surface area contributed by atoms with Gasteiger partial charge in [0.1, 0.15) is 0 Å². The Bertz CT molecular complexity index is 921.